The Morgan fingerprint density at radius 2 is 1.44 bits per heavy atom. The van der Waals surface area contributed by atoms with Gasteiger partial charge in [0, 0.05) is 30.8 Å². The van der Waals surface area contributed by atoms with E-state index < -0.39 is 22.8 Å². The lowest BCUT2D eigenvalue weighted by Crippen LogP contribution is -2.49. The first-order valence-corrected chi connectivity index (χ1v) is 11.7. The summed E-state index contributed by atoms with van der Waals surface area (Å²) in [6, 6.07) is 27.5. The molecule has 0 radical (unpaired) electrons. The Hall–Kier alpha value is -4.23. The zero-order valence-electron chi connectivity index (χ0n) is 19.1. The molecule has 4 aromatic carbocycles. The quantitative estimate of drug-likeness (QED) is 0.216. The Morgan fingerprint density at radius 1 is 0.833 bits per heavy atom. The number of fused-ring (bicyclic) bond motifs is 1. The normalized spacial score (nSPS) is 15.1. The Kier molecular flexibility index (Phi) is 6.40. The maximum Gasteiger partial charge on any atom is 0.270 e. The predicted molar refractivity (Wildman–Crippen MR) is 136 cm³/mol. The van der Waals surface area contributed by atoms with Gasteiger partial charge in [0.1, 0.15) is 12.0 Å². The largest absolute Gasteiger partial charge is 0.342 e. The van der Waals surface area contributed by atoms with Crippen LogP contribution in [0, 0.1) is 15.9 Å². The molecule has 5 rings (SSSR count). The van der Waals surface area contributed by atoms with E-state index in [4.69, 9.17) is 11.6 Å². The molecule has 0 unspecified atom stereocenters. The van der Waals surface area contributed by atoms with Crippen LogP contribution >= 0.6 is 11.6 Å². The van der Waals surface area contributed by atoms with Gasteiger partial charge in [-0.3, -0.25) is 14.9 Å². The number of carbonyl (C=O) groups excluding carboxylic acids is 1. The molecule has 0 N–H and O–H groups in total. The lowest BCUT2D eigenvalue weighted by atomic mass is 9.98. The number of nitro benzene ring substituents is 1. The molecule has 1 heterocycles. The third kappa shape index (κ3) is 4.41. The summed E-state index contributed by atoms with van der Waals surface area (Å²) >= 11 is 6.55. The van der Waals surface area contributed by atoms with Crippen molar-refractivity contribution in [3.05, 3.63) is 140 Å². The second-order valence-electron chi connectivity index (χ2n) is 8.50. The number of rotatable bonds is 6. The fourth-order valence-corrected chi connectivity index (χ4v) is 4.84. The van der Waals surface area contributed by atoms with Gasteiger partial charge in [0.25, 0.3) is 11.6 Å². The molecule has 0 saturated heterocycles. The van der Waals surface area contributed by atoms with E-state index in [1.54, 1.807) is 12.1 Å². The summed E-state index contributed by atoms with van der Waals surface area (Å²) < 4.78 is 15.4. The van der Waals surface area contributed by atoms with Crippen molar-refractivity contribution in [2.75, 3.05) is 4.90 Å². The third-order valence-electron chi connectivity index (χ3n) is 6.23. The molecule has 0 saturated carbocycles. The molecule has 0 bridgehead atoms. The van der Waals surface area contributed by atoms with Crippen molar-refractivity contribution >= 4 is 28.9 Å². The SMILES string of the molecule is O=C1c2cc([N+](=O)[O-])ccc2N(Cc2ccccc2)[C@@H](c2c(F)cccc2Cl)N1Cc1ccccc1. The molecule has 4 aromatic rings. The van der Waals surface area contributed by atoms with Gasteiger partial charge < -0.3 is 9.80 Å². The van der Waals surface area contributed by atoms with Crippen molar-refractivity contribution in [3.63, 3.8) is 0 Å². The lowest BCUT2D eigenvalue weighted by molar-refractivity contribution is -0.384. The molecule has 180 valence electrons. The van der Waals surface area contributed by atoms with Crippen LogP contribution in [0.15, 0.2) is 97.1 Å². The first kappa shape index (κ1) is 23.5. The zero-order chi connectivity index (χ0) is 25.2. The van der Waals surface area contributed by atoms with Gasteiger partial charge in [-0.15, -0.1) is 0 Å². The van der Waals surface area contributed by atoms with Crippen LogP contribution in [-0.4, -0.2) is 15.7 Å². The van der Waals surface area contributed by atoms with Gasteiger partial charge in [0.15, 0.2) is 0 Å². The summed E-state index contributed by atoms with van der Waals surface area (Å²) in [5.74, 6) is -0.979. The highest BCUT2D eigenvalue weighted by molar-refractivity contribution is 6.31. The van der Waals surface area contributed by atoms with Crippen molar-refractivity contribution in [3.8, 4) is 0 Å². The van der Waals surface area contributed by atoms with Crippen molar-refractivity contribution in [1.29, 1.82) is 0 Å². The topological polar surface area (TPSA) is 66.7 Å². The van der Waals surface area contributed by atoms with Gasteiger partial charge in [-0.25, -0.2) is 4.39 Å². The van der Waals surface area contributed by atoms with Gasteiger partial charge in [-0.2, -0.15) is 0 Å². The number of amides is 1. The fraction of sp³-hybridized carbons (Fsp3) is 0.107. The van der Waals surface area contributed by atoms with Gasteiger partial charge >= 0.3 is 0 Å². The molecule has 1 aliphatic rings. The van der Waals surface area contributed by atoms with E-state index in [2.05, 4.69) is 0 Å². The number of nitro groups is 1. The highest BCUT2D eigenvalue weighted by Gasteiger charge is 2.41. The fourth-order valence-electron chi connectivity index (χ4n) is 4.58. The highest BCUT2D eigenvalue weighted by Crippen LogP contribution is 2.44. The maximum absolute atomic E-state index is 15.4. The van der Waals surface area contributed by atoms with Gasteiger partial charge in [0.05, 0.1) is 21.2 Å². The van der Waals surface area contributed by atoms with E-state index >= 15 is 4.39 Å². The van der Waals surface area contributed by atoms with E-state index in [9.17, 15) is 14.9 Å². The van der Waals surface area contributed by atoms with E-state index in [1.807, 2.05) is 65.6 Å². The summed E-state index contributed by atoms with van der Waals surface area (Å²) in [5.41, 5.74) is 2.39. The molecule has 0 spiro atoms. The lowest BCUT2D eigenvalue weighted by Gasteiger charge is -2.46. The second-order valence-corrected chi connectivity index (χ2v) is 8.91. The van der Waals surface area contributed by atoms with Gasteiger partial charge in [-0.1, -0.05) is 78.3 Å². The Morgan fingerprint density at radius 3 is 2.03 bits per heavy atom. The minimum absolute atomic E-state index is 0.155. The van der Waals surface area contributed by atoms with Crippen molar-refractivity contribution in [2.24, 2.45) is 0 Å². The molecule has 0 aliphatic carbocycles. The average Bonchev–Trinajstić information content (AvgIpc) is 2.89. The number of hydrogen-bond acceptors (Lipinski definition) is 4. The molecular weight excluding hydrogens is 481 g/mol. The molecule has 1 amide bonds. The monoisotopic (exact) mass is 501 g/mol. The van der Waals surface area contributed by atoms with Crippen LogP contribution in [0.3, 0.4) is 0 Å². The first-order valence-electron chi connectivity index (χ1n) is 11.3. The van der Waals surface area contributed by atoms with E-state index in [1.165, 1.54) is 29.2 Å². The maximum atomic E-state index is 15.4. The third-order valence-corrected chi connectivity index (χ3v) is 6.56. The van der Waals surface area contributed by atoms with Crippen LogP contribution in [0.5, 0.6) is 0 Å². The summed E-state index contributed by atoms with van der Waals surface area (Å²) in [4.78, 5) is 28.3. The number of carbonyl (C=O) groups is 1. The van der Waals surface area contributed by atoms with Gasteiger partial charge in [0.2, 0.25) is 0 Å². The number of hydrogen-bond donors (Lipinski definition) is 0. The highest BCUT2D eigenvalue weighted by atomic mass is 35.5. The second kappa shape index (κ2) is 9.79. The first-order chi connectivity index (χ1) is 17.4. The van der Waals surface area contributed by atoms with Crippen molar-refractivity contribution < 1.29 is 14.1 Å². The molecule has 1 aliphatic heterocycles. The van der Waals surface area contributed by atoms with E-state index in [-0.39, 0.29) is 28.4 Å². The molecule has 1 atom stereocenters. The minimum Gasteiger partial charge on any atom is -0.342 e. The summed E-state index contributed by atoms with van der Waals surface area (Å²) in [6.07, 6.45) is -0.888. The van der Waals surface area contributed by atoms with Crippen LogP contribution < -0.4 is 4.90 Å². The summed E-state index contributed by atoms with van der Waals surface area (Å²) in [5, 5.41) is 11.7. The Labute approximate surface area is 212 Å². The number of benzene rings is 4. The van der Waals surface area contributed by atoms with Crippen LogP contribution in [0.4, 0.5) is 15.8 Å². The molecule has 8 heteroatoms. The molecule has 0 aromatic heterocycles. The number of nitrogens with zero attached hydrogens (tertiary/aromatic N) is 3. The van der Waals surface area contributed by atoms with Crippen LogP contribution in [0.2, 0.25) is 5.02 Å². The Balaban J connectivity index is 1.74. The average molecular weight is 502 g/mol. The van der Waals surface area contributed by atoms with E-state index in [0.717, 1.165) is 11.1 Å². The molecular formula is C28H21ClFN3O3. The van der Waals surface area contributed by atoms with Crippen LogP contribution in [-0.2, 0) is 13.1 Å². The Bertz CT molecular complexity index is 1410. The zero-order valence-corrected chi connectivity index (χ0v) is 19.8. The number of anilines is 1. The number of non-ortho nitro benzene ring substituents is 1. The van der Waals surface area contributed by atoms with Crippen molar-refractivity contribution in [1.82, 2.24) is 4.90 Å². The minimum atomic E-state index is -0.888. The number of halogens is 2. The molecule has 0 fully saturated rings. The van der Waals surface area contributed by atoms with Crippen LogP contribution in [0.25, 0.3) is 0 Å². The summed E-state index contributed by atoms with van der Waals surface area (Å²) in [6.45, 7) is 0.474. The van der Waals surface area contributed by atoms with Crippen molar-refractivity contribution in [2.45, 2.75) is 19.3 Å². The summed E-state index contributed by atoms with van der Waals surface area (Å²) in [7, 11) is 0. The van der Waals surface area contributed by atoms with Gasteiger partial charge in [-0.05, 0) is 29.3 Å². The molecule has 36 heavy (non-hydrogen) atoms. The standard InChI is InChI=1S/C28H21ClFN3O3/c29-23-12-7-13-24(30)26(23)27-31(17-19-8-3-1-4-9-19)25-15-14-21(33(35)36)16-22(25)28(34)32(27)18-20-10-5-2-6-11-20/h1-16,27H,17-18H2/t27-/m1/s1. The predicted octanol–water partition coefficient (Wildman–Crippen LogP) is 6.75. The van der Waals surface area contributed by atoms with Crippen LogP contribution in [0.1, 0.15) is 33.2 Å². The molecule has 6 nitrogen and oxygen atoms in total. The van der Waals surface area contributed by atoms with E-state index in [0.29, 0.717) is 12.2 Å². The smallest absolute Gasteiger partial charge is 0.270 e.